The van der Waals surface area contributed by atoms with Gasteiger partial charge in [-0.3, -0.25) is 15.1 Å². The number of nitrogens with zero attached hydrogens (tertiary/aromatic N) is 2. The van der Waals surface area contributed by atoms with E-state index in [-0.39, 0.29) is 18.2 Å². The molecular weight excluding hydrogens is 254 g/mol. The fourth-order valence-corrected chi connectivity index (χ4v) is 1.46. The molecule has 5 nitrogen and oxygen atoms in total. The summed E-state index contributed by atoms with van der Waals surface area (Å²) in [5.41, 5.74) is 0.907. The highest BCUT2D eigenvalue weighted by Crippen LogP contribution is 1.97. The van der Waals surface area contributed by atoms with Crippen molar-refractivity contribution in [1.29, 1.82) is 0 Å². The van der Waals surface area contributed by atoms with Crippen molar-refractivity contribution in [3.63, 3.8) is 0 Å². The first-order chi connectivity index (χ1) is 8.63. The second kappa shape index (κ2) is 7.66. The van der Waals surface area contributed by atoms with Crippen LogP contribution in [0.2, 0.25) is 0 Å². The van der Waals surface area contributed by atoms with Crippen molar-refractivity contribution < 1.29 is 9.59 Å². The Morgan fingerprint density at radius 1 is 1.44 bits per heavy atom. The number of aromatic nitrogens is 1. The number of pyridine rings is 1. The van der Waals surface area contributed by atoms with Crippen LogP contribution in [0.3, 0.4) is 0 Å². The second-order valence-corrected chi connectivity index (χ2v) is 4.16. The molecule has 0 aliphatic carbocycles. The Labute approximate surface area is 111 Å². The number of hydrogen-bond acceptors (Lipinski definition) is 3. The number of amides is 3. The summed E-state index contributed by atoms with van der Waals surface area (Å²) in [4.78, 5) is 28.4. The fraction of sp³-hybridized carbons (Fsp3) is 0.417. The minimum absolute atomic E-state index is 0.140. The van der Waals surface area contributed by atoms with Crippen molar-refractivity contribution in [2.75, 3.05) is 19.5 Å². The molecule has 1 aromatic rings. The minimum Gasteiger partial charge on any atom is -0.327 e. The van der Waals surface area contributed by atoms with E-state index in [4.69, 9.17) is 11.6 Å². The fourth-order valence-electron chi connectivity index (χ4n) is 1.29. The molecule has 0 fully saturated rings. The number of likely N-dealkylation sites (N-methyl/N-ethyl adjacent to an activating group) is 1. The molecule has 0 aliphatic rings. The number of urea groups is 1. The Hall–Kier alpha value is -1.62. The minimum atomic E-state index is -0.416. The first-order valence-electron chi connectivity index (χ1n) is 5.64. The molecule has 6 heteroatoms. The first kappa shape index (κ1) is 14.4. The van der Waals surface area contributed by atoms with Gasteiger partial charge in [-0.25, -0.2) is 4.79 Å². The predicted octanol–water partition coefficient (Wildman–Crippen LogP) is 1.42. The van der Waals surface area contributed by atoms with Crippen molar-refractivity contribution in [2.24, 2.45) is 0 Å². The van der Waals surface area contributed by atoms with E-state index in [1.54, 1.807) is 13.2 Å². The summed E-state index contributed by atoms with van der Waals surface area (Å²) < 4.78 is 0. The average molecular weight is 270 g/mol. The van der Waals surface area contributed by atoms with Gasteiger partial charge in [-0.2, -0.15) is 0 Å². The monoisotopic (exact) mass is 269 g/mol. The summed E-state index contributed by atoms with van der Waals surface area (Å²) in [7, 11) is 1.63. The number of rotatable bonds is 5. The summed E-state index contributed by atoms with van der Waals surface area (Å²) in [5, 5.41) is 2.26. The van der Waals surface area contributed by atoms with Gasteiger partial charge in [0.15, 0.2) is 0 Å². The first-order valence-corrected chi connectivity index (χ1v) is 6.17. The summed E-state index contributed by atoms with van der Waals surface area (Å²) in [6, 6.07) is 5.21. The summed E-state index contributed by atoms with van der Waals surface area (Å²) in [5.74, 6) is -0.156. The third-order valence-electron chi connectivity index (χ3n) is 2.34. The molecule has 1 heterocycles. The Bertz CT molecular complexity index is 398. The number of nitrogens with one attached hydrogen (secondary N) is 1. The maximum atomic E-state index is 11.6. The quantitative estimate of drug-likeness (QED) is 0.823. The Morgan fingerprint density at radius 2 is 2.22 bits per heavy atom. The van der Waals surface area contributed by atoms with Crippen LogP contribution >= 0.6 is 11.6 Å². The molecule has 1 rings (SSSR count). The molecule has 1 N–H and O–H groups in total. The number of carbonyl (C=O) groups is 2. The maximum Gasteiger partial charge on any atom is 0.323 e. The zero-order valence-electron chi connectivity index (χ0n) is 10.2. The molecule has 0 atom stereocenters. The predicted molar refractivity (Wildman–Crippen MR) is 69.4 cm³/mol. The van der Waals surface area contributed by atoms with Crippen molar-refractivity contribution in [3.8, 4) is 0 Å². The summed E-state index contributed by atoms with van der Waals surface area (Å²) >= 11 is 5.41. The van der Waals surface area contributed by atoms with E-state index in [1.807, 2.05) is 18.2 Å². The molecular formula is C12H16ClN3O2. The van der Waals surface area contributed by atoms with Crippen LogP contribution in [0.4, 0.5) is 4.79 Å². The standard InChI is InChI=1S/C12H16ClN3O2/c1-16(12(18)15-11(17)5-7-13)9-6-10-4-2-3-8-14-10/h2-4,8H,5-7,9H2,1H3,(H,15,17,18). The SMILES string of the molecule is CN(CCc1ccccn1)C(=O)NC(=O)CCCl. The Kier molecular flexibility index (Phi) is 6.14. The third kappa shape index (κ3) is 5.14. The highest BCUT2D eigenvalue weighted by Gasteiger charge is 2.11. The second-order valence-electron chi connectivity index (χ2n) is 3.78. The van der Waals surface area contributed by atoms with Crippen LogP contribution in [0.5, 0.6) is 0 Å². The van der Waals surface area contributed by atoms with Gasteiger partial charge in [0.2, 0.25) is 5.91 Å². The van der Waals surface area contributed by atoms with E-state index in [2.05, 4.69) is 10.3 Å². The van der Waals surface area contributed by atoms with Crippen LogP contribution in [-0.4, -0.2) is 41.3 Å². The van der Waals surface area contributed by atoms with Gasteiger partial charge in [-0.05, 0) is 12.1 Å². The zero-order valence-corrected chi connectivity index (χ0v) is 11.0. The van der Waals surface area contributed by atoms with Crippen LogP contribution in [0, 0.1) is 0 Å². The van der Waals surface area contributed by atoms with Crippen molar-refractivity contribution in [1.82, 2.24) is 15.2 Å². The van der Waals surface area contributed by atoms with Crippen molar-refractivity contribution in [3.05, 3.63) is 30.1 Å². The van der Waals surface area contributed by atoms with Crippen LogP contribution in [0.25, 0.3) is 0 Å². The van der Waals surface area contributed by atoms with Gasteiger partial charge in [0.05, 0.1) is 0 Å². The molecule has 0 unspecified atom stereocenters. The van der Waals surface area contributed by atoms with E-state index < -0.39 is 6.03 Å². The van der Waals surface area contributed by atoms with Gasteiger partial charge in [-0.1, -0.05) is 6.07 Å². The maximum absolute atomic E-state index is 11.6. The van der Waals surface area contributed by atoms with Gasteiger partial charge >= 0.3 is 6.03 Å². The van der Waals surface area contributed by atoms with Crippen LogP contribution < -0.4 is 5.32 Å². The highest BCUT2D eigenvalue weighted by atomic mass is 35.5. The van der Waals surface area contributed by atoms with Gasteiger partial charge < -0.3 is 4.90 Å². The Morgan fingerprint density at radius 3 is 2.83 bits per heavy atom. The molecule has 0 aromatic carbocycles. The lowest BCUT2D eigenvalue weighted by Gasteiger charge is -2.16. The molecule has 0 saturated carbocycles. The molecule has 0 spiro atoms. The molecule has 0 aliphatic heterocycles. The van der Waals surface area contributed by atoms with Crippen LogP contribution in [-0.2, 0) is 11.2 Å². The van der Waals surface area contributed by atoms with Crippen molar-refractivity contribution >= 4 is 23.5 Å². The average Bonchev–Trinajstić information content (AvgIpc) is 2.37. The number of hydrogen-bond donors (Lipinski definition) is 1. The molecule has 0 bridgehead atoms. The van der Waals surface area contributed by atoms with E-state index >= 15 is 0 Å². The van der Waals surface area contributed by atoms with Gasteiger partial charge in [0.25, 0.3) is 0 Å². The lowest BCUT2D eigenvalue weighted by atomic mass is 10.2. The molecule has 98 valence electrons. The normalized spacial score (nSPS) is 9.89. The Balaban J connectivity index is 2.34. The third-order valence-corrected chi connectivity index (χ3v) is 2.53. The molecule has 18 heavy (non-hydrogen) atoms. The zero-order chi connectivity index (χ0) is 13.4. The number of alkyl halides is 1. The topological polar surface area (TPSA) is 62.3 Å². The number of imide groups is 1. The van der Waals surface area contributed by atoms with Crippen molar-refractivity contribution in [2.45, 2.75) is 12.8 Å². The lowest BCUT2D eigenvalue weighted by Crippen LogP contribution is -2.41. The largest absolute Gasteiger partial charge is 0.327 e. The van der Waals surface area contributed by atoms with Crippen LogP contribution in [0.15, 0.2) is 24.4 Å². The smallest absolute Gasteiger partial charge is 0.323 e. The van der Waals surface area contributed by atoms with E-state index in [9.17, 15) is 9.59 Å². The van der Waals surface area contributed by atoms with Gasteiger partial charge in [-0.15, -0.1) is 11.6 Å². The molecule has 3 amide bonds. The lowest BCUT2D eigenvalue weighted by molar-refractivity contribution is -0.119. The van der Waals surface area contributed by atoms with E-state index in [0.29, 0.717) is 13.0 Å². The highest BCUT2D eigenvalue weighted by molar-refractivity contribution is 6.19. The van der Waals surface area contributed by atoms with Gasteiger partial charge in [0.1, 0.15) is 0 Å². The number of carbonyl (C=O) groups excluding carboxylic acids is 2. The van der Waals surface area contributed by atoms with E-state index in [1.165, 1.54) is 4.90 Å². The van der Waals surface area contributed by atoms with E-state index in [0.717, 1.165) is 5.69 Å². The number of halogens is 1. The summed E-state index contributed by atoms with van der Waals surface area (Å²) in [6.45, 7) is 0.497. The molecule has 1 aromatic heterocycles. The molecule has 0 saturated heterocycles. The summed E-state index contributed by atoms with van der Waals surface area (Å²) in [6.07, 6.45) is 2.50. The van der Waals surface area contributed by atoms with Crippen LogP contribution in [0.1, 0.15) is 12.1 Å². The molecule has 0 radical (unpaired) electrons. The van der Waals surface area contributed by atoms with Gasteiger partial charge in [0, 0.05) is 44.2 Å².